The summed E-state index contributed by atoms with van der Waals surface area (Å²) in [4.78, 5) is 0.145. The molecule has 2 N–H and O–H groups in total. The van der Waals surface area contributed by atoms with Crippen molar-refractivity contribution in [1.29, 1.82) is 0 Å². The molecule has 2 aliphatic carbocycles. The molecule has 3 nitrogen and oxygen atoms in total. The minimum Gasteiger partial charge on any atom is -0.225 e. The highest BCUT2D eigenvalue weighted by molar-refractivity contribution is 9.10. The van der Waals surface area contributed by atoms with Crippen molar-refractivity contribution in [3.05, 3.63) is 63.1 Å². The summed E-state index contributed by atoms with van der Waals surface area (Å²) in [5.41, 5.74) is 5.27. The number of nitrogens with two attached hydrogens (primary N) is 1. The second-order valence-electron chi connectivity index (χ2n) is 7.01. The lowest BCUT2D eigenvalue weighted by Gasteiger charge is -2.10. The van der Waals surface area contributed by atoms with Gasteiger partial charge in [0.05, 0.1) is 9.92 Å². The van der Waals surface area contributed by atoms with E-state index in [4.69, 9.17) is 16.7 Å². The van der Waals surface area contributed by atoms with Gasteiger partial charge in [-0.1, -0.05) is 29.8 Å². The molecule has 0 aliphatic heterocycles. The predicted octanol–water partition coefficient (Wildman–Crippen LogP) is 5.23. The van der Waals surface area contributed by atoms with Crippen LogP contribution in [0.15, 0.2) is 51.8 Å². The van der Waals surface area contributed by atoms with E-state index in [1.165, 1.54) is 29.6 Å². The summed E-state index contributed by atoms with van der Waals surface area (Å²) < 4.78 is 23.9. The number of hydrogen-bond acceptors (Lipinski definition) is 2. The van der Waals surface area contributed by atoms with E-state index in [1.807, 2.05) is 18.2 Å². The first kappa shape index (κ1) is 17.3. The first-order chi connectivity index (χ1) is 11.8. The maximum absolute atomic E-state index is 11.5. The van der Waals surface area contributed by atoms with Crippen LogP contribution in [-0.4, -0.2) is 8.42 Å². The molecule has 0 unspecified atom stereocenters. The maximum atomic E-state index is 11.5. The molecule has 1 fully saturated rings. The molecule has 0 saturated heterocycles. The normalized spacial score (nSPS) is 18.8. The van der Waals surface area contributed by atoms with Crippen molar-refractivity contribution in [2.45, 2.75) is 30.6 Å². The fourth-order valence-electron chi connectivity index (χ4n) is 3.64. The highest BCUT2D eigenvalue weighted by Crippen LogP contribution is 2.63. The van der Waals surface area contributed by atoms with Crippen LogP contribution in [-0.2, 0) is 10.0 Å². The molecule has 4 rings (SSSR count). The van der Waals surface area contributed by atoms with Gasteiger partial charge in [-0.3, -0.25) is 0 Å². The highest BCUT2D eigenvalue weighted by Gasteiger charge is 2.48. The first-order valence-corrected chi connectivity index (χ1v) is 10.8. The average molecular weight is 439 g/mol. The highest BCUT2D eigenvalue weighted by atomic mass is 79.9. The van der Waals surface area contributed by atoms with Crippen molar-refractivity contribution in [1.82, 2.24) is 0 Å². The summed E-state index contributed by atoms with van der Waals surface area (Å²) in [6.45, 7) is 0. The third-order valence-electron chi connectivity index (χ3n) is 5.22. The van der Waals surface area contributed by atoms with Gasteiger partial charge in [0, 0.05) is 4.47 Å². The summed E-state index contributed by atoms with van der Waals surface area (Å²) in [6.07, 6.45) is 4.61. The zero-order valence-electron chi connectivity index (χ0n) is 13.4. The number of rotatable bonds is 3. The number of hydrogen-bond donors (Lipinski definition) is 1. The molecule has 0 bridgehead atoms. The minimum atomic E-state index is -3.67. The van der Waals surface area contributed by atoms with Gasteiger partial charge in [0.1, 0.15) is 0 Å². The zero-order chi connectivity index (χ0) is 17.8. The van der Waals surface area contributed by atoms with Crippen LogP contribution in [0.5, 0.6) is 0 Å². The molecule has 1 saturated carbocycles. The standard InChI is InChI=1S/C19H17BrClNO2S/c20-17-9-13(3-6-18(17)21)16-11-19(7-8-19)10-15(16)12-1-4-14(5-2-12)25(22,23)24/h1-6,9H,7-8,10-11H2,(H2,22,23,24). The molecule has 6 heteroatoms. The smallest absolute Gasteiger partial charge is 0.225 e. The lowest BCUT2D eigenvalue weighted by molar-refractivity contribution is 0.568. The Balaban J connectivity index is 1.79. The molecule has 25 heavy (non-hydrogen) atoms. The summed E-state index contributed by atoms with van der Waals surface area (Å²) in [7, 11) is -3.67. The Morgan fingerprint density at radius 2 is 1.52 bits per heavy atom. The van der Waals surface area contributed by atoms with Gasteiger partial charge in [-0.25, -0.2) is 13.6 Å². The van der Waals surface area contributed by atoms with Gasteiger partial charge < -0.3 is 0 Å². The molecule has 2 aromatic rings. The summed E-state index contributed by atoms with van der Waals surface area (Å²) in [6, 6.07) is 12.9. The van der Waals surface area contributed by atoms with Gasteiger partial charge >= 0.3 is 0 Å². The van der Waals surface area contributed by atoms with Gasteiger partial charge in [-0.05, 0) is 93.6 Å². The topological polar surface area (TPSA) is 60.2 Å². The van der Waals surface area contributed by atoms with Crippen LogP contribution in [0.25, 0.3) is 11.1 Å². The van der Waals surface area contributed by atoms with E-state index in [9.17, 15) is 8.42 Å². The lowest BCUT2D eigenvalue weighted by Crippen LogP contribution is -2.11. The number of sulfonamides is 1. The Kier molecular flexibility index (Phi) is 4.11. The van der Waals surface area contributed by atoms with E-state index in [2.05, 4.69) is 28.1 Å². The molecule has 1 spiro atoms. The van der Waals surface area contributed by atoms with Crippen LogP contribution < -0.4 is 5.14 Å². The van der Waals surface area contributed by atoms with Gasteiger partial charge in [0.15, 0.2) is 0 Å². The largest absolute Gasteiger partial charge is 0.238 e. The summed E-state index contributed by atoms with van der Waals surface area (Å²) in [5.74, 6) is 0. The Labute approximate surface area is 161 Å². The van der Waals surface area contributed by atoms with Crippen LogP contribution in [0.3, 0.4) is 0 Å². The molecule has 0 aromatic heterocycles. The Bertz CT molecular complexity index is 993. The van der Waals surface area contributed by atoms with Crippen molar-refractivity contribution in [3.63, 3.8) is 0 Å². The first-order valence-electron chi connectivity index (χ1n) is 8.08. The fourth-order valence-corrected chi connectivity index (χ4v) is 4.65. The van der Waals surface area contributed by atoms with Crippen molar-refractivity contribution >= 4 is 48.7 Å². The SMILES string of the molecule is NS(=O)(=O)c1ccc(C2=C(c3ccc(Cl)c(Br)c3)CC3(CC3)C2)cc1. The third-order valence-corrected chi connectivity index (χ3v) is 7.37. The predicted molar refractivity (Wildman–Crippen MR) is 105 cm³/mol. The molecule has 2 aromatic carbocycles. The van der Waals surface area contributed by atoms with Gasteiger partial charge in [-0.2, -0.15) is 0 Å². The lowest BCUT2D eigenvalue weighted by atomic mass is 9.97. The van der Waals surface area contributed by atoms with Gasteiger partial charge in [0.25, 0.3) is 0 Å². The second kappa shape index (κ2) is 5.95. The van der Waals surface area contributed by atoms with Crippen molar-refractivity contribution in [2.24, 2.45) is 10.6 Å². The number of allylic oxidation sites excluding steroid dienone is 2. The van der Waals surface area contributed by atoms with Crippen LogP contribution in [0.2, 0.25) is 5.02 Å². The molecular weight excluding hydrogens is 422 g/mol. The van der Waals surface area contributed by atoms with Crippen LogP contribution in [0.4, 0.5) is 0 Å². The van der Waals surface area contributed by atoms with E-state index in [1.54, 1.807) is 12.1 Å². The zero-order valence-corrected chi connectivity index (χ0v) is 16.6. The third kappa shape index (κ3) is 3.31. The molecule has 0 atom stereocenters. The Morgan fingerprint density at radius 1 is 0.960 bits per heavy atom. The monoisotopic (exact) mass is 437 g/mol. The fraction of sp³-hybridized carbons (Fsp3) is 0.263. The second-order valence-corrected chi connectivity index (χ2v) is 9.83. The minimum absolute atomic E-state index is 0.145. The van der Waals surface area contributed by atoms with E-state index < -0.39 is 10.0 Å². The van der Waals surface area contributed by atoms with Gasteiger partial charge in [0.2, 0.25) is 10.0 Å². The summed E-state index contributed by atoms with van der Waals surface area (Å²) >= 11 is 9.65. The number of primary sulfonamides is 1. The average Bonchev–Trinajstić information content (AvgIpc) is 3.20. The Hall–Kier alpha value is -1.14. The number of benzene rings is 2. The Morgan fingerprint density at radius 3 is 2.04 bits per heavy atom. The van der Waals surface area contributed by atoms with Crippen molar-refractivity contribution < 1.29 is 8.42 Å². The van der Waals surface area contributed by atoms with Gasteiger partial charge in [-0.15, -0.1) is 0 Å². The van der Waals surface area contributed by atoms with Crippen LogP contribution in [0.1, 0.15) is 36.8 Å². The molecule has 130 valence electrons. The van der Waals surface area contributed by atoms with E-state index in [0.29, 0.717) is 10.4 Å². The molecular formula is C19H17BrClNO2S. The molecule has 0 radical (unpaired) electrons. The van der Waals surface area contributed by atoms with Crippen LogP contribution in [0, 0.1) is 5.41 Å². The van der Waals surface area contributed by atoms with E-state index >= 15 is 0 Å². The summed E-state index contributed by atoms with van der Waals surface area (Å²) in [5, 5.41) is 5.90. The van der Waals surface area contributed by atoms with Crippen LogP contribution >= 0.6 is 27.5 Å². The maximum Gasteiger partial charge on any atom is 0.238 e. The van der Waals surface area contributed by atoms with E-state index in [0.717, 1.165) is 22.9 Å². The van der Waals surface area contributed by atoms with Crippen molar-refractivity contribution in [3.8, 4) is 0 Å². The molecule has 2 aliphatic rings. The number of halogens is 2. The quantitative estimate of drug-likeness (QED) is 0.713. The molecule has 0 heterocycles. The van der Waals surface area contributed by atoms with E-state index in [-0.39, 0.29) is 4.90 Å². The van der Waals surface area contributed by atoms with Crippen molar-refractivity contribution in [2.75, 3.05) is 0 Å². The molecule has 0 amide bonds.